The van der Waals surface area contributed by atoms with Gasteiger partial charge in [0.15, 0.2) is 0 Å². The maximum atomic E-state index is 8.81. The van der Waals surface area contributed by atoms with Gasteiger partial charge >= 0.3 is 0 Å². The quantitative estimate of drug-likeness (QED) is 0.538. The zero-order valence-electron chi connectivity index (χ0n) is 11.6. The summed E-state index contributed by atoms with van der Waals surface area (Å²) in [5, 5.41) is 0. The van der Waals surface area contributed by atoms with Crippen molar-refractivity contribution in [2.75, 3.05) is 0 Å². The SMILES string of the molecule is C1CCCCC1.CC.CC=O.CCCC. The van der Waals surface area contributed by atoms with Crippen LogP contribution in [0.25, 0.3) is 0 Å². The van der Waals surface area contributed by atoms with Gasteiger partial charge in [-0.1, -0.05) is 79.1 Å². The van der Waals surface area contributed by atoms with Crippen LogP contribution >= 0.6 is 0 Å². The van der Waals surface area contributed by atoms with Crippen LogP contribution in [-0.2, 0) is 4.79 Å². The molecule has 1 rings (SSSR count). The summed E-state index contributed by atoms with van der Waals surface area (Å²) in [5.41, 5.74) is 0. The Hall–Kier alpha value is -0.330. The van der Waals surface area contributed by atoms with Crippen LogP contribution in [0.1, 0.15) is 86.0 Å². The molecule has 1 aliphatic rings. The minimum absolute atomic E-state index is 0.750. The van der Waals surface area contributed by atoms with Crippen LogP contribution in [0.5, 0.6) is 0 Å². The van der Waals surface area contributed by atoms with E-state index in [9.17, 15) is 0 Å². The Balaban J connectivity index is -0.000000142. The molecule has 0 amide bonds. The second kappa shape index (κ2) is 29.2. The van der Waals surface area contributed by atoms with Crippen molar-refractivity contribution in [2.24, 2.45) is 0 Å². The summed E-state index contributed by atoms with van der Waals surface area (Å²) < 4.78 is 0. The summed E-state index contributed by atoms with van der Waals surface area (Å²) in [6.07, 6.45) is 12.4. The van der Waals surface area contributed by atoms with Gasteiger partial charge in [0, 0.05) is 0 Å². The monoisotopic (exact) mass is 216 g/mol. The molecular weight excluding hydrogens is 184 g/mol. The molecule has 0 unspecified atom stereocenters. The highest BCUT2D eigenvalue weighted by molar-refractivity contribution is 5.44. The normalized spacial score (nSPS) is 12.9. The molecule has 0 aromatic rings. The first-order valence-corrected chi connectivity index (χ1v) is 6.73. The Labute approximate surface area is 97.7 Å². The molecular formula is C14H32O. The first-order valence-electron chi connectivity index (χ1n) is 6.73. The van der Waals surface area contributed by atoms with Gasteiger partial charge in [0.1, 0.15) is 6.29 Å². The number of aldehydes is 1. The van der Waals surface area contributed by atoms with Crippen LogP contribution in [0.3, 0.4) is 0 Å². The van der Waals surface area contributed by atoms with Crippen molar-refractivity contribution >= 4 is 6.29 Å². The van der Waals surface area contributed by atoms with Crippen molar-refractivity contribution in [1.29, 1.82) is 0 Å². The van der Waals surface area contributed by atoms with Gasteiger partial charge in [-0.2, -0.15) is 0 Å². The summed E-state index contributed by atoms with van der Waals surface area (Å²) in [4.78, 5) is 8.81. The van der Waals surface area contributed by atoms with Crippen LogP contribution in [-0.4, -0.2) is 6.29 Å². The van der Waals surface area contributed by atoms with Crippen molar-refractivity contribution in [3.63, 3.8) is 0 Å². The van der Waals surface area contributed by atoms with Crippen LogP contribution in [0, 0.1) is 0 Å². The molecule has 0 N–H and O–H groups in total. The minimum Gasteiger partial charge on any atom is -0.304 e. The second-order valence-electron chi connectivity index (χ2n) is 3.36. The van der Waals surface area contributed by atoms with E-state index in [1.54, 1.807) is 0 Å². The lowest BCUT2D eigenvalue weighted by atomic mass is 10.0. The third-order valence-electron chi connectivity index (χ3n) is 2.00. The molecule has 0 radical (unpaired) electrons. The lowest BCUT2D eigenvalue weighted by molar-refractivity contribution is -0.106. The standard InChI is InChI=1S/C6H12.C4H10.C2H4O.C2H6/c1-2-4-6-5-3-1;1-3-4-2;1-2-3;1-2/h1-6H2;3-4H2,1-2H3;2H,1H3;1-2H3. The third-order valence-corrected chi connectivity index (χ3v) is 2.00. The van der Waals surface area contributed by atoms with Gasteiger partial charge in [-0.05, 0) is 6.92 Å². The van der Waals surface area contributed by atoms with E-state index in [0.717, 1.165) is 6.29 Å². The van der Waals surface area contributed by atoms with Crippen LogP contribution in [0.15, 0.2) is 0 Å². The van der Waals surface area contributed by atoms with Crippen LogP contribution < -0.4 is 0 Å². The molecule has 1 aliphatic carbocycles. The lowest BCUT2D eigenvalue weighted by Crippen LogP contribution is -1.85. The fourth-order valence-electron chi connectivity index (χ4n) is 1.06. The summed E-state index contributed by atoms with van der Waals surface area (Å²) in [5.74, 6) is 0. The molecule has 15 heavy (non-hydrogen) atoms. The molecule has 0 heterocycles. The van der Waals surface area contributed by atoms with Gasteiger partial charge in [-0.3, -0.25) is 0 Å². The Morgan fingerprint density at radius 3 is 1.00 bits per heavy atom. The van der Waals surface area contributed by atoms with Gasteiger partial charge in [-0.15, -0.1) is 0 Å². The number of unbranched alkanes of at least 4 members (excludes halogenated alkanes) is 1. The van der Waals surface area contributed by atoms with Crippen molar-refractivity contribution < 1.29 is 4.79 Å². The number of rotatable bonds is 1. The number of hydrogen-bond acceptors (Lipinski definition) is 1. The largest absolute Gasteiger partial charge is 0.304 e. The molecule has 0 spiro atoms. The Morgan fingerprint density at radius 2 is 0.933 bits per heavy atom. The second-order valence-corrected chi connectivity index (χ2v) is 3.36. The van der Waals surface area contributed by atoms with E-state index in [1.807, 2.05) is 13.8 Å². The minimum atomic E-state index is 0.750. The van der Waals surface area contributed by atoms with Crippen molar-refractivity contribution in [3.8, 4) is 0 Å². The van der Waals surface area contributed by atoms with E-state index in [4.69, 9.17) is 4.79 Å². The van der Waals surface area contributed by atoms with Crippen LogP contribution in [0.4, 0.5) is 0 Å². The van der Waals surface area contributed by atoms with E-state index in [1.165, 1.54) is 58.3 Å². The van der Waals surface area contributed by atoms with E-state index in [2.05, 4.69) is 13.8 Å². The number of hydrogen-bond donors (Lipinski definition) is 0. The topological polar surface area (TPSA) is 17.1 Å². The Bertz CT molecular complexity index is 61.9. The summed E-state index contributed by atoms with van der Waals surface area (Å²) in [6, 6.07) is 0. The molecule has 0 atom stereocenters. The maximum Gasteiger partial charge on any atom is 0.116 e. The van der Waals surface area contributed by atoms with E-state index in [-0.39, 0.29) is 0 Å². The average Bonchev–Trinajstić information content (AvgIpc) is 2.35. The summed E-state index contributed by atoms with van der Waals surface area (Å²) in [6.45, 7) is 9.81. The van der Waals surface area contributed by atoms with Crippen LogP contribution in [0.2, 0.25) is 0 Å². The fourth-order valence-corrected chi connectivity index (χ4v) is 1.06. The zero-order chi connectivity index (χ0) is 12.4. The molecule has 1 heteroatoms. The molecule has 0 bridgehead atoms. The van der Waals surface area contributed by atoms with Crippen molar-refractivity contribution in [3.05, 3.63) is 0 Å². The average molecular weight is 216 g/mol. The van der Waals surface area contributed by atoms with Gasteiger partial charge in [0.25, 0.3) is 0 Å². The Morgan fingerprint density at radius 1 is 0.800 bits per heavy atom. The fraction of sp³-hybridized carbons (Fsp3) is 0.929. The molecule has 0 aromatic heterocycles. The molecule has 0 aromatic carbocycles. The predicted molar refractivity (Wildman–Crippen MR) is 71.4 cm³/mol. The van der Waals surface area contributed by atoms with Gasteiger partial charge < -0.3 is 4.79 Å². The first kappa shape index (κ1) is 20.1. The molecule has 0 saturated heterocycles. The molecule has 1 nitrogen and oxygen atoms in total. The number of carbonyl (C=O) groups excluding carboxylic acids is 1. The van der Waals surface area contributed by atoms with E-state index in [0.29, 0.717) is 0 Å². The first-order chi connectivity index (χ1) is 7.33. The third kappa shape index (κ3) is 41.8. The molecule has 0 aliphatic heterocycles. The van der Waals surface area contributed by atoms with Gasteiger partial charge in [0.05, 0.1) is 0 Å². The van der Waals surface area contributed by atoms with Gasteiger partial charge in [0.2, 0.25) is 0 Å². The predicted octanol–water partition coefficient (Wildman–Crippen LogP) is 5.38. The highest BCUT2D eigenvalue weighted by atomic mass is 16.1. The molecule has 1 fully saturated rings. The van der Waals surface area contributed by atoms with Crippen molar-refractivity contribution in [2.45, 2.75) is 86.0 Å². The molecule has 1 saturated carbocycles. The highest BCUT2D eigenvalue weighted by Gasteiger charge is 1.95. The summed E-state index contributed by atoms with van der Waals surface area (Å²) >= 11 is 0. The van der Waals surface area contributed by atoms with E-state index < -0.39 is 0 Å². The zero-order valence-corrected chi connectivity index (χ0v) is 11.6. The number of carbonyl (C=O) groups is 1. The lowest BCUT2D eigenvalue weighted by Gasteiger charge is -2.05. The van der Waals surface area contributed by atoms with Crippen molar-refractivity contribution in [1.82, 2.24) is 0 Å². The summed E-state index contributed by atoms with van der Waals surface area (Å²) in [7, 11) is 0. The van der Waals surface area contributed by atoms with Gasteiger partial charge in [-0.25, -0.2) is 0 Å². The van der Waals surface area contributed by atoms with E-state index >= 15 is 0 Å². The Kier molecular flexibility index (Phi) is 39.2. The maximum absolute atomic E-state index is 8.81. The highest BCUT2D eigenvalue weighted by Crippen LogP contribution is 2.15. The molecule has 94 valence electrons. The smallest absolute Gasteiger partial charge is 0.116 e.